The molecule has 2 heterocycles. The predicted octanol–water partition coefficient (Wildman–Crippen LogP) is 2.80. The van der Waals surface area contributed by atoms with Crippen LogP contribution in [0, 0.1) is 0 Å². The van der Waals surface area contributed by atoms with Crippen molar-refractivity contribution in [2.45, 2.75) is 12.7 Å². The van der Waals surface area contributed by atoms with Crippen LogP contribution in [0.2, 0.25) is 0 Å². The molecule has 134 valence electrons. The molecule has 8 heteroatoms. The fraction of sp³-hybridized carbons (Fsp3) is 0.353. The number of methoxy groups -OCH3 is 1. The van der Waals surface area contributed by atoms with E-state index in [-0.39, 0.29) is 12.1 Å². The van der Waals surface area contributed by atoms with Gasteiger partial charge >= 0.3 is 6.18 Å². The minimum absolute atomic E-state index is 0.0314. The van der Waals surface area contributed by atoms with Crippen LogP contribution in [-0.2, 0) is 12.7 Å². The summed E-state index contributed by atoms with van der Waals surface area (Å²) in [6, 6.07) is 6.80. The summed E-state index contributed by atoms with van der Waals surface area (Å²) in [6.45, 7) is 1.08. The van der Waals surface area contributed by atoms with E-state index in [1.165, 1.54) is 13.3 Å². The number of hydrogen-bond donors (Lipinski definition) is 2. The number of rotatable bonds is 6. The quantitative estimate of drug-likeness (QED) is 0.669. The molecule has 3 rings (SSSR count). The van der Waals surface area contributed by atoms with E-state index in [9.17, 15) is 13.2 Å². The summed E-state index contributed by atoms with van der Waals surface area (Å²) in [7, 11) is 1.51. The Morgan fingerprint density at radius 2 is 2.00 bits per heavy atom. The van der Waals surface area contributed by atoms with Gasteiger partial charge in [-0.25, -0.2) is 4.98 Å². The fourth-order valence-electron chi connectivity index (χ4n) is 2.99. The lowest BCUT2D eigenvalue weighted by atomic mass is 10.1. The second-order valence-corrected chi connectivity index (χ2v) is 5.56. The van der Waals surface area contributed by atoms with Crippen molar-refractivity contribution in [1.82, 2.24) is 14.9 Å². The molecule has 0 aliphatic carbocycles. The molecule has 0 atom stereocenters. The molecule has 0 aliphatic heterocycles. The highest BCUT2D eigenvalue weighted by Gasteiger charge is 2.36. The molecule has 3 aromatic rings. The summed E-state index contributed by atoms with van der Waals surface area (Å²) in [5.74, 6) is 0.571. The SMILES string of the molecule is COc1ccc2c3ccnc(C(F)(F)F)c3n(CCNCCO)c2c1. The van der Waals surface area contributed by atoms with Gasteiger partial charge in [-0.3, -0.25) is 0 Å². The van der Waals surface area contributed by atoms with E-state index >= 15 is 0 Å². The van der Waals surface area contributed by atoms with E-state index in [1.807, 2.05) is 0 Å². The lowest BCUT2D eigenvalue weighted by Gasteiger charge is -2.12. The molecule has 0 spiro atoms. The van der Waals surface area contributed by atoms with Gasteiger partial charge in [-0.05, 0) is 18.2 Å². The van der Waals surface area contributed by atoms with Crippen molar-refractivity contribution in [2.24, 2.45) is 0 Å². The van der Waals surface area contributed by atoms with Crippen molar-refractivity contribution in [3.63, 3.8) is 0 Å². The van der Waals surface area contributed by atoms with Gasteiger partial charge in [-0.15, -0.1) is 0 Å². The minimum Gasteiger partial charge on any atom is -0.497 e. The summed E-state index contributed by atoms with van der Waals surface area (Å²) in [6.07, 6.45) is -3.36. The standard InChI is InChI=1S/C17H18F3N3O2/c1-25-11-2-3-12-13-4-5-22-16(17(18,19)20)15(13)23(14(12)10-11)8-6-21-7-9-24/h2-5,10,21,24H,6-9H2,1H3. The van der Waals surface area contributed by atoms with E-state index < -0.39 is 11.9 Å². The number of hydrogen-bond acceptors (Lipinski definition) is 4. The molecule has 25 heavy (non-hydrogen) atoms. The van der Waals surface area contributed by atoms with Crippen LogP contribution in [0.15, 0.2) is 30.5 Å². The van der Waals surface area contributed by atoms with Gasteiger partial charge in [-0.1, -0.05) is 0 Å². The van der Waals surface area contributed by atoms with Gasteiger partial charge in [0.25, 0.3) is 0 Å². The first-order chi connectivity index (χ1) is 12.0. The van der Waals surface area contributed by atoms with Crippen molar-refractivity contribution in [1.29, 1.82) is 0 Å². The Morgan fingerprint density at radius 3 is 2.68 bits per heavy atom. The molecule has 0 aliphatic rings. The third kappa shape index (κ3) is 3.27. The lowest BCUT2D eigenvalue weighted by molar-refractivity contribution is -0.140. The van der Waals surface area contributed by atoms with Gasteiger partial charge < -0.3 is 19.7 Å². The Bertz CT molecular complexity index is 890. The normalized spacial score (nSPS) is 12.2. The van der Waals surface area contributed by atoms with Crippen molar-refractivity contribution in [3.8, 4) is 5.75 Å². The molecule has 1 aromatic carbocycles. The number of ether oxygens (including phenoxy) is 1. The number of nitrogens with zero attached hydrogens (tertiary/aromatic N) is 2. The summed E-state index contributed by atoms with van der Waals surface area (Å²) in [5.41, 5.74) is -0.190. The second kappa shape index (κ2) is 6.89. The Balaban J connectivity index is 2.24. The Hall–Kier alpha value is -2.32. The highest BCUT2D eigenvalue weighted by atomic mass is 19.4. The van der Waals surface area contributed by atoms with Gasteiger partial charge in [-0.2, -0.15) is 13.2 Å². The monoisotopic (exact) mass is 353 g/mol. The highest BCUT2D eigenvalue weighted by Crippen LogP contribution is 2.38. The van der Waals surface area contributed by atoms with Crippen molar-refractivity contribution >= 4 is 21.8 Å². The third-order valence-corrected chi connectivity index (χ3v) is 4.05. The van der Waals surface area contributed by atoms with Gasteiger partial charge in [0.2, 0.25) is 0 Å². The molecular weight excluding hydrogens is 335 g/mol. The first-order valence-electron chi connectivity index (χ1n) is 7.81. The molecule has 2 aromatic heterocycles. The van der Waals surface area contributed by atoms with E-state index in [1.54, 1.807) is 28.8 Å². The van der Waals surface area contributed by atoms with E-state index in [0.29, 0.717) is 41.7 Å². The molecule has 0 bridgehead atoms. The van der Waals surface area contributed by atoms with Gasteiger partial charge in [0.15, 0.2) is 5.69 Å². The topological polar surface area (TPSA) is 59.3 Å². The summed E-state index contributed by atoms with van der Waals surface area (Å²) in [4.78, 5) is 3.58. The second-order valence-electron chi connectivity index (χ2n) is 5.56. The van der Waals surface area contributed by atoms with Gasteiger partial charge in [0.05, 0.1) is 24.8 Å². The van der Waals surface area contributed by atoms with Crippen LogP contribution in [0.25, 0.3) is 21.8 Å². The molecule has 0 radical (unpaired) electrons. The number of aliphatic hydroxyl groups is 1. The first-order valence-corrected chi connectivity index (χ1v) is 7.81. The maximum atomic E-state index is 13.5. The molecule has 0 fully saturated rings. The predicted molar refractivity (Wildman–Crippen MR) is 88.7 cm³/mol. The average Bonchev–Trinajstić information content (AvgIpc) is 2.91. The zero-order valence-corrected chi connectivity index (χ0v) is 13.6. The fourth-order valence-corrected chi connectivity index (χ4v) is 2.99. The summed E-state index contributed by atoms with van der Waals surface area (Å²) < 4.78 is 47.2. The number of aromatic nitrogens is 2. The lowest BCUT2D eigenvalue weighted by Crippen LogP contribution is -2.23. The van der Waals surface area contributed by atoms with Crippen LogP contribution in [0.5, 0.6) is 5.75 Å². The van der Waals surface area contributed by atoms with Gasteiger partial charge in [0, 0.05) is 42.7 Å². The highest BCUT2D eigenvalue weighted by molar-refractivity contribution is 6.09. The zero-order chi connectivity index (χ0) is 18.0. The van der Waals surface area contributed by atoms with Crippen LogP contribution < -0.4 is 10.1 Å². The van der Waals surface area contributed by atoms with Crippen LogP contribution in [0.3, 0.4) is 0 Å². The largest absolute Gasteiger partial charge is 0.497 e. The number of alkyl halides is 3. The summed E-state index contributed by atoms with van der Waals surface area (Å²) in [5, 5.41) is 13.0. The Kier molecular flexibility index (Phi) is 4.82. The van der Waals surface area contributed by atoms with Crippen LogP contribution in [-0.4, -0.2) is 41.5 Å². The maximum absolute atomic E-state index is 13.5. The molecule has 0 saturated heterocycles. The van der Waals surface area contributed by atoms with Crippen molar-refractivity contribution in [3.05, 3.63) is 36.2 Å². The number of aliphatic hydroxyl groups excluding tert-OH is 1. The molecule has 0 unspecified atom stereocenters. The number of pyridine rings is 1. The molecule has 5 nitrogen and oxygen atoms in total. The van der Waals surface area contributed by atoms with Crippen LogP contribution in [0.1, 0.15) is 5.69 Å². The number of nitrogens with one attached hydrogen (secondary N) is 1. The molecule has 0 saturated carbocycles. The van der Waals surface area contributed by atoms with Crippen LogP contribution >= 0.6 is 0 Å². The van der Waals surface area contributed by atoms with Crippen LogP contribution in [0.4, 0.5) is 13.2 Å². The number of fused-ring (bicyclic) bond motifs is 3. The van der Waals surface area contributed by atoms with E-state index in [4.69, 9.17) is 9.84 Å². The minimum atomic E-state index is -4.55. The Morgan fingerprint density at radius 1 is 1.20 bits per heavy atom. The van der Waals surface area contributed by atoms with Crippen molar-refractivity contribution < 1.29 is 23.0 Å². The molecular formula is C17H18F3N3O2. The number of halogens is 3. The van der Waals surface area contributed by atoms with Crippen molar-refractivity contribution in [2.75, 3.05) is 26.8 Å². The smallest absolute Gasteiger partial charge is 0.435 e. The third-order valence-electron chi connectivity index (χ3n) is 4.05. The Labute approximate surface area is 142 Å². The average molecular weight is 353 g/mol. The van der Waals surface area contributed by atoms with E-state index in [0.717, 1.165) is 0 Å². The maximum Gasteiger partial charge on any atom is 0.435 e. The molecule has 2 N–H and O–H groups in total. The van der Waals surface area contributed by atoms with E-state index in [2.05, 4.69) is 10.3 Å². The zero-order valence-electron chi connectivity index (χ0n) is 13.6. The molecule has 0 amide bonds. The van der Waals surface area contributed by atoms with Gasteiger partial charge in [0.1, 0.15) is 5.75 Å². The number of benzene rings is 1. The first kappa shape index (κ1) is 17.5. The summed E-state index contributed by atoms with van der Waals surface area (Å²) >= 11 is 0.